The molecule has 6 heteroatoms. The molecule has 0 unspecified atom stereocenters. The molecule has 5 nitrogen and oxygen atoms in total. The van der Waals surface area contributed by atoms with E-state index in [-0.39, 0.29) is 16.8 Å². The van der Waals surface area contributed by atoms with Crippen molar-refractivity contribution in [3.8, 4) is 0 Å². The lowest BCUT2D eigenvalue weighted by Gasteiger charge is -2.10. The molecule has 0 aliphatic carbocycles. The van der Waals surface area contributed by atoms with Crippen LogP contribution in [0.2, 0.25) is 0 Å². The van der Waals surface area contributed by atoms with Gasteiger partial charge in [-0.15, -0.1) is 17.9 Å². The summed E-state index contributed by atoms with van der Waals surface area (Å²) in [6.45, 7) is 6.98. The van der Waals surface area contributed by atoms with E-state index in [1.165, 1.54) is 0 Å². The van der Waals surface area contributed by atoms with Crippen LogP contribution in [0.3, 0.4) is 0 Å². The van der Waals surface area contributed by atoms with Crippen molar-refractivity contribution in [2.75, 3.05) is 0 Å². The molecule has 0 aliphatic heterocycles. The molecule has 1 rings (SSSR count). The Morgan fingerprint density at radius 1 is 1.61 bits per heavy atom. The van der Waals surface area contributed by atoms with Crippen LogP contribution in [-0.2, 0) is 4.79 Å². The first-order chi connectivity index (χ1) is 8.45. The second kappa shape index (κ2) is 6.30. The van der Waals surface area contributed by atoms with Gasteiger partial charge in [-0.05, 0) is 20.3 Å². The summed E-state index contributed by atoms with van der Waals surface area (Å²) >= 11 is 1.10. The fraction of sp³-hybridized carbons (Fsp3) is 0.417. The first-order valence-electron chi connectivity index (χ1n) is 5.56. The van der Waals surface area contributed by atoms with E-state index in [2.05, 4.69) is 16.9 Å². The molecule has 1 heterocycles. The molecule has 1 aromatic rings. The Bertz CT molecular complexity index is 468. The molecule has 0 saturated carbocycles. The van der Waals surface area contributed by atoms with E-state index < -0.39 is 5.97 Å². The van der Waals surface area contributed by atoms with Crippen LogP contribution in [0.4, 0.5) is 0 Å². The minimum absolute atomic E-state index is 0.0906. The number of nitrogens with zero attached hydrogens (tertiary/aromatic N) is 1. The quantitative estimate of drug-likeness (QED) is 0.776. The maximum Gasteiger partial charge on any atom is 0.347 e. The number of aryl methyl sites for hydroxylation is 1. The fourth-order valence-electron chi connectivity index (χ4n) is 1.41. The lowest BCUT2D eigenvalue weighted by atomic mass is 10.2. The van der Waals surface area contributed by atoms with Gasteiger partial charge in [0.1, 0.15) is 9.88 Å². The van der Waals surface area contributed by atoms with Crippen LogP contribution in [0.15, 0.2) is 12.7 Å². The number of carbonyl (C=O) groups excluding carboxylic acids is 1. The van der Waals surface area contributed by atoms with E-state index in [1.54, 1.807) is 19.9 Å². The van der Waals surface area contributed by atoms with Crippen molar-refractivity contribution in [1.29, 1.82) is 0 Å². The number of aromatic nitrogens is 1. The molecule has 0 aliphatic rings. The number of carboxylic acid groups (broad SMARTS) is 1. The van der Waals surface area contributed by atoms with Crippen molar-refractivity contribution in [2.45, 2.75) is 32.7 Å². The van der Waals surface area contributed by atoms with Crippen LogP contribution >= 0.6 is 11.3 Å². The third-order valence-electron chi connectivity index (χ3n) is 2.33. The number of hydrogen-bond acceptors (Lipinski definition) is 4. The summed E-state index contributed by atoms with van der Waals surface area (Å²) < 4.78 is 0. The second-order valence-electron chi connectivity index (χ2n) is 3.89. The summed E-state index contributed by atoms with van der Waals surface area (Å²) in [6, 6.07) is -0.279. The van der Waals surface area contributed by atoms with Crippen LogP contribution in [0.25, 0.3) is 0 Å². The maximum atomic E-state index is 11.5. The Labute approximate surface area is 110 Å². The number of carboxylic acids is 1. The lowest BCUT2D eigenvalue weighted by molar-refractivity contribution is -0.121. The Kier molecular flexibility index (Phi) is 5.03. The molecule has 18 heavy (non-hydrogen) atoms. The van der Waals surface area contributed by atoms with E-state index in [4.69, 9.17) is 5.11 Å². The van der Waals surface area contributed by atoms with Gasteiger partial charge in [-0.2, -0.15) is 0 Å². The molecule has 0 radical (unpaired) electrons. The second-order valence-corrected chi connectivity index (χ2v) is 4.92. The summed E-state index contributed by atoms with van der Waals surface area (Å²) in [5.74, 6) is -1.08. The zero-order valence-electron chi connectivity index (χ0n) is 10.4. The third-order valence-corrected chi connectivity index (χ3v) is 3.66. The molecule has 0 bridgehead atoms. The normalized spacial score (nSPS) is 11.9. The number of hydrogen-bond donors (Lipinski definition) is 2. The van der Waals surface area contributed by atoms with Gasteiger partial charge >= 0.3 is 5.97 Å². The molecule has 1 aromatic heterocycles. The summed E-state index contributed by atoms with van der Waals surface area (Å²) in [4.78, 5) is 26.8. The van der Waals surface area contributed by atoms with Gasteiger partial charge in [0.25, 0.3) is 0 Å². The van der Waals surface area contributed by atoms with Crippen LogP contribution in [0, 0.1) is 6.92 Å². The van der Waals surface area contributed by atoms with E-state index in [0.717, 1.165) is 11.3 Å². The van der Waals surface area contributed by atoms with Crippen LogP contribution in [-0.4, -0.2) is 22.0 Å². The summed E-state index contributed by atoms with van der Waals surface area (Å²) in [5.41, 5.74) is 0.481. The smallest absolute Gasteiger partial charge is 0.347 e. The maximum absolute atomic E-state index is 11.5. The number of aromatic carboxylic acids is 1. The summed E-state index contributed by atoms with van der Waals surface area (Å²) in [6.07, 6.45) is 2.68. The van der Waals surface area contributed by atoms with Crippen molar-refractivity contribution in [2.24, 2.45) is 0 Å². The minimum atomic E-state index is -0.985. The average Bonchev–Trinajstić information content (AvgIpc) is 2.68. The molecular formula is C12H16N2O3S. The summed E-state index contributed by atoms with van der Waals surface area (Å²) in [5, 5.41) is 12.3. The van der Waals surface area contributed by atoms with Crippen molar-refractivity contribution >= 4 is 23.2 Å². The SMILES string of the molecule is C=CCCC(=O)N[C@@H](C)c1nc(C)c(C(=O)O)s1. The number of thiazole rings is 1. The summed E-state index contributed by atoms with van der Waals surface area (Å²) in [7, 11) is 0. The van der Waals surface area contributed by atoms with Gasteiger partial charge in [0.15, 0.2) is 0 Å². The van der Waals surface area contributed by atoms with Crippen molar-refractivity contribution in [3.63, 3.8) is 0 Å². The zero-order valence-corrected chi connectivity index (χ0v) is 11.2. The van der Waals surface area contributed by atoms with Crippen molar-refractivity contribution < 1.29 is 14.7 Å². The highest BCUT2D eigenvalue weighted by atomic mass is 32.1. The number of carbonyl (C=O) groups is 2. The first-order valence-corrected chi connectivity index (χ1v) is 6.38. The lowest BCUT2D eigenvalue weighted by Crippen LogP contribution is -2.26. The van der Waals surface area contributed by atoms with Crippen LogP contribution < -0.4 is 5.32 Å². The molecule has 0 spiro atoms. The standard InChI is InChI=1S/C12H16N2O3S/c1-4-5-6-9(15)13-8(3)11-14-7(2)10(18-11)12(16)17/h4,8H,1,5-6H2,2-3H3,(H,13,15)(H,16,17)/t8-/m0/s1. The Hall–Kier alpha value is -1.69. The average molecular weight is 268 g/mol. The highest BCUT2D eigenvalue weighted by molar-refractivity contribution is 7.13. The number of rotatable bonds is 6. The molecule has 98 valence electrons. The highest BCUT2D eigenvalue weighted by Gasteiger charge is 2.18. The molecule has 0 saturated heterocycles. The molecule has 1 atom stereocenters. The fourth-order valence-corrected chi connectivity index (χ4v) is 2.32. The van der Waals surface area contributed by atoms with Crippen LogP contribution in [0.5, 0.6) is 0 Å². The van der Waals surface area contributed by atoms with Crippen molar-refractivity contribution in [1.82, 2.24) is 10.3 Å². The van der Waals surface area contributed by atoms with Crippen LogP contribution in [0.1, 0.15) is 46.2 Å². The topological polar surface area (TPSA) is 79.3 Å². The van der Waals surface area contributed by atoms with E-state index >= 15 is 0 Å². The zero-order chi connectivity index (χ0) is 13.7. The third kappa shape index (κ3) is 3.66. The monoisotopic (exact) mass is 268 g/mol. The van der Waals surface area contributed by atoms with Gasteiger partial charge in [0.2, 0.25) is 5.91 Å². The van der Waals surface area contributed by atoms with Gasteiger partial charge in [0, 0.05) is 6.42 Å². The Morgan fingerprint density at radius 3 is 2.78 bits per heavy atom. The minimum Gasteiger partial charge on any atom is -0.477 e. The van der Waals surface area contributed by atoms with Gasteiger partial charge < -0.3 is 10.4 Å². The van der Waals surface area contributed by atoms with Gasteiger partial charge in [-0.25, -0.2) is 9.78 Å². The van der Waals surface area contributed by atoms with Gasteiger partial charge in [0.05, 0.1) is 11.7 Å². The molecular weight excluding hydrogens is 252 g/mol. The van der Waals surface area contributed by atoms with Crippen molar-refractivity contribution in [3.05, 3.63) is 28.2 Å². The number of allylic oxidation sites excluding steroid dienone is 1. The largest absolute Gasteiger partial charge is 0.477 e. The van der Waals surface area contributed by atoms with Gasteiger partial charge in [-0.1, -0.05) is 6.08 Å². The first kappa shape index (κ1) is 14.4. The molecule has 1 amide bonds. The van der Waals surface area contributed by atoms with E-state index in [0.29, 0.717) is 23.5 Å². The van der Waals surface area contributed by atoms with E-state index in [1.807, 2.05) is 0 Å². The van der Waals surface area contributed by atoms with E-state index in [9.17, 15) is 9.59 Å². The molecule has 0 aromatic carbocycles. The Balaban J connectivity index is 2.69. The molecule has 0 fully saturated rings. The number of nitrogens with one attached hydrogen (secondary N) is 1. The predicted octanol–water partition coefficient (Wildman–Crippen LogP) is 2.29. The predicted molar refractivity (Wildman–Crippen MR) is 69.8 cm³/mol. The van der Waals surface area contributed by atoms with Gasteiger partial charge in [-0.3, -0.25) is 4.79 Å². The molecule has 2 N–H and O–H groups in total. The highest BCUT2D eigenvalue weighted by Crippen LogP contribution is 2.23. The Morgan fingerprint density at radius 2 is 2.28 bits per heavy atom. The number of amides is 1.